The monoisotopic (exact) mass is 525 g/mol. The molecule has 2 atom stereocenters. The van der Waals surface area contributed by atoms with Crippen LogP contribution in [0.5, 0.6) is 5.75 Å². The Bertz CT molecular complexity index is 1420. The Morgan fingerprint density at radius 3 is 2.45 bits per heavy atom. The zero-order valence-electron chi connectivity index (χ0n) is 21.7. The first kappa shape index (κ1) is 25.5. The molecule has 0 saturated carbocycles. The number of rotatable bonds is 8. The number of carbonyl (C=O) groups excluding carboxylic acids is 1. The molecule has 5 rings (SSSR count). The molecule has 3 heterocycles. The lowest BCUT2D eigenvalue weighted by atomic mass is 9.96. The van der Waals surface area contributed by atoms with Crippen molar-refractivity contribution in [1.82, 2.24) is 14.9 Å². The summed E-state index contributed by atoms with van der Waals surface area (Å²) in [5, 5.41) is 7.06. The quantitative estimate of drug-likeness (QED) is 0.287. The molecule has 1 aliphatic rings. The van der Waals surface area contributed by atoms with Crippen LogP contribution < -0.4 is 20.3 Å². The molecular weight excluding hydrogens is 494 g/mol. The third kappa shape index (κ3) is 5.13. The first-order chi connectivity index (χ1) is 18.5. The van der Waals surface area contributed by atoms with Crippen LogP contribution in [0.3, 0.4) is 0 Å². The van der Waals surface area contributed by atoms with E-state index in [0.29, 0.717) is 16.5 Å². The number of benzene rings is 2. The van der Waals surface area contributed by atoms with Gasteiger partial charge < -0.3 is 24.8 Å². The Labute approximate surface area is 228 Å². The molecule has 0 radical (unpaired) electrons. The molecule has 1 saturated heterocycles. The standard InChI is InChI=1S/C30H31N5O2S/c1-4-34-20(2)18-25(21(34)3)29-28(26-12-8-9-17-31-26)33-30(38)35(29)23-15-13-22(14-16-23)32-27(36)19-37-24-10-6-5-7-11-24/h5-18,28-29H,4,19H2,1-3H3,(H,32,36)(H,33,38)/t28-,29-/m0/s1. The minimum atomic E-state index is -0.222. The van der Waals surface area contributed by atoms with Crippen molar-refractivity contribution in [3.05, 3.63) is 108 Å². The van der Waals surface area contributed by atoms with Gasteiger partial charge in [0.1, 0.15) is 5.75 Å². The number of carbonyl (C=O) groups is 1. The SMILES string of the molecule is CCn1c(C)cc([C@H]2[C@H](c3ccccn3)NC(=S)N2c2ccc(NC(=O)COc3ccccc3)cc2)c1C. The van der Waals surface area contributed by atoms with E-state index in [1.165, 1.54) is 17.0 Å². The van der Waals surface area contributed by atoms with E-state index in [1.807, 2.05) is 79.0 Å². The lowest BCUT2D eigenvalue weighted by molar-refractivity contribution is -0.118. The van der Waals surface area contributed by atoms with Crippen molar-refractivity contribution < 1.29 is 9.53 Å². The van der Waals surface area contributed by atoms with Gasteiger partial charge >= 0.3 is 0 Å². The second kappa shape index (κ2) is 11.1. The minimum Gasteiger partial charge on any atom is -0.484 e. The van der Waals surface area contributed by atoms with E-state index in [2.05, 4.69) is 51.9 Å². The minimum absolute atomic E-state index is 0.0627. The zero-order valence-corrected chi connectivity index (χ0v) is 22.5. The van der Waals surface area contributed by atoms with Crippen molar-refractivity contribution in [2.45, 2.75) is 39.4 Å². The molecule has 2 aromatic heterocycles. The normalized spacial score (nSPS) is 16.8. The van der Waals surface area contributed by atoms with E-state index in [1.54, 1.807) is 0 Å². The first-order valence-electron chi connectivity index (χ1n) is 12.7. The lowest BCUT2D eigenvalue weighted by Gasteiger charge is -2.28. The van der Waals surface area contributed by atoms with Gasteiger partial charge in [0.15, 0.2) is 11.7 Å². The number of nitrogens with zero attached hydrogens (tertiary/aromatic N) is 3. The number of pyridine rings is 1. The van der Waals surface area contributed by atoms with Crippen LogP contribution in [0.25, 0.3) is 0 Å². The van der Waals surface area contributed by atoms with Gasteiger partial charge in [-0.2, -0.15) is 0 Å². The van der Waals surface area contributed by atoms with Gasteiger partial charge in [0.2, 0.25) is 0 Å². The zero-order chi connectivity index (χ0) is 26.6. The third-order valence-electron chi connectivity index (χ3n) is 6.89. The highest BCUT2D eigenvalue weighted by Crippen LogP contribution is 2.43. The summed E-state index contributed by atoms with van der Waals surface area (Å²) in [4.78, 5) is 19.2. The summed E-state index contributed by atoms with van der Waals surface area (Å²) in [5.74, 6) is 0.434. The highest BCUT2D eigenvalue weighted by atomic mass is 32.1. The molecule has 1 fully saturated rings. The van der Waals surface area contributed by atoms with Crippen LogP contribution in [0, 0.1) is 13.8 Å². The molecule has 2 aromatic carbocycles. The first-order valence-corrected chi connectivity index (χ1v) is 13.1. The summed E-state index contributed by atoms with van der Waals surface area (Å²) in [7, 11) is 0. The number of aryl methyl sites for hydroxylation is 1. The number of ether oxygens (including phenoxy) is 1. The summed E-state index contributed by atoms with van der Waals surface area (Å²) in [6.45, 7) is 7.30. The van der Waals surface area contributed by atoms with Crippen LogP contribution in [0.1, 0.15) is 41.7 Å². The number of nitrogens with one attached hydrogen (secondary N) is 2. The predicted octanol–water partition coefficient (Wildman–Crippen LogP) is 5.71. The van der Waals surface area contributed by atoms with Crippen molar-refractivity contribution >= 4 is 34.6 Å². The van der Waals surface area contributed by atoms with Crippen molar-refractivity contribution in [3.8, 4) is 5.75 Å². The fraction of sp³-hybridized carbons (Fsp3) is 0.233. The predicted molar refractivity (Wildman–Crippen MR) is 155 cm³/mol. The summed E-state index contributed by atoms with van der Waals surface area (Å²) in [6.07, 6.45) is 1.81. The van der Waals surface area contributed by atoms with E-state index in [4.69, 9.17) is 17.0 Å². The number of aromatic nitrogens is 2. The van der Waals surface area contributed by atoms with Crippen molar-refractivity contribution in [3.63, 3.8) is 0 Å². The van der Waals surface area contributed by atoms with Crippen molar-refractivity contribution in [1.29, 1.82) is 0 Å². The van der Waals surface area contributed by atoms with Gasteiger partial charge in [-0.25, -0.2) is 0 Å². The Hall–Kier alpha value is -4.17. The van der Waals surface area contributed by atoms with Gasteiger partial charge in [0.25, 0.3) is 5.91 Å². The molecular formula is C30H31N5O2S. The van der Waals surface area contributed by atoms with Crippen LogP contribution >= 0.6 is 12.2 Å². The fourth-order valence-corrected chi connectivity index (χ4v) is 5.48. The van der Waals surface area contributed by atoms with Gasteiger partial charge in [-0.05, 0) is 93.1 Å². The summed E-state index contributed by atoms with van der Waals surface area (Å²) in [5.41, 5.74) is 6.21. The molecule has 0 aliphatic carbocycles. The topological polar surface area (TPSA) is 71.4 Å². The average Bonchev–Trinajstić information content (AvgIpc) is 3.43. The molecule has 8 heteroatoms. The van der Waals surface area contributed by atoms with Crippen molar-refractivity contribution in [2.24, 2.45) is 0 Å². The van der Waals surface area contributed by atoms with Crippen molar-refractivity contribution in [2.75, 3.05) is 16.8 Å². The molecule has 1 amide bonds. The second-order valence-electron chi connectivity index (χ2n) is 9.26. The van der Waals surface area contributed by atoms with E-state index in [0.717, 1.165) is 17.9 Å². The molecule has 2 N–H and O–H groups in total. The number of hydrogen-bond acceptors (Lipinski definition) is 4. The molecule has 0 spiro atoms. The lowest BCUT2D eigenvalue weighted by Crippen LogP contribution is -2.29. The molecule has 194 valence electrons. The largest absolute Gasteiger partial charge is 0.484 e. The summed E-state index contributed by atoms with van der Waals surface area (Å²) >= 11 is 5.87. The van der Waals surface area contributed by atoms with Crippen LogP contribution in [0.15, 0.2) is 85.1 Å². The number of amides is 1. The number of hydrogen-bond donors (Lipinski definition) is 2. The number of para-hydroxylation sites is 1. The maximum Gasteiger partial charge on any atom is 0.262 e. The Morgan fingerprint density at radius 1 is 1.05 bits per heavy atom. The molecule has 38 heavy (non-hydrogen) atoms. The van der Waals surface area contributed by atoms with Crippen LogP contribution in [0.2, 0.25) is 0 Å². The molecule has 1 aliphatic heterocycles. The second-order valence-corrected chi connectivity index (χ2v) is 9.65. The van der Waals surface area contributed by atoms with Gasteiger partial charge in [-0.3, -0.25) is 9.78 Å². The van der Waals surface area contributed by atoms with Crippen LogP contribution in [-0.2, 0) is 11.3 Å². The maximum atomic E-state index is 12.4. The van der Waals surface area contributed by atoms with Crippen LogP contribution in [0.4, 0.5) is 11.4 Å². The van der Waals surface area contributed by atoms with Crippen LogP contribution in [-0.4, -0.2) is 27.2 Å². The highest BCUT2D eigenvalue weighted by molar-refractivity contribution is 7.80. The molecule has 7 nitrogen and oxygen atoms in total. The van der Waals surface area contributed by atoms with E-state index < -0.39 is 0 Å². The summed E-state index contributed by atoms with van der Waals surface area (Å²) in [6, 6.07) is 25.0. The maximum absolute atomic E-state index is 12.4. The molecule has 0 unspecified atom stereocenters. The fourth-order valence-electron chi connectivity index (χ4n) is 5.13. The Balaban J connectivity index is 1.40. The summed E-state index contributed by atoms with van der Waals surface area (Å²) < 4.78 is 7.87. The average molecular weight is 526 g/mol. The number of anilines is 2. The van der Waals surface area contributed by atoms with E-state index in [-0.39, 0.29) is 24.6 Å². The van der Waals surface area contributed by atoms with Gasteiger partial charge in [0.05, 0.1) is 17.8 Å². The van der Waals surface area contributed by atoms with E-state index in [9.17, 15) is 4.79 Å². The smallest absolute Gasteiger partial charge is 0.262 e. The Morgan fingerprint density at radius 2 is 1.79 bits per heavy atom. The Kier molecular flexibility index (Phi) is 7.42. The van der Waals surface area contributed by atoms with Gasteiger partial charge in [-0.15, -0.1) is 0 Å². The van der Waals surface area contributed by atoms with Gasteiger partial charge in [0, 0.05) is 35.5 Å². The van der Waals surface area contributed by atoms with Gasteiger partial charge in [-0.1, -0.05) is 24.3 Å². The molecule has 0 bridgehead atoms. The molecule has 4 aromatic rings. The number of thiocarbonyl (C=S) groups is 1. The third-order valence-corrected chi connectivity index (χ3v) is 7.20. The van der Waals surface area contributed by atoms with E-state index >= 15 is 0 Å². The highest BCUT2D eigenvalue weighted by Gasteiger charge is 2.42.